The van der Waals surface area contributed by atoms with Crippen molar-refractivity contribution in [2.45, 2.75) is 38.8 Å². The maximum atomic E-state index is 13.5. The van der Waals surface area contributed by atoms with Crippen molar-refractivity contribution in [1.82, 2.24) is 14.8 Å². The van der Waals surface area contributed by atoms with Crippen molar-refractivity contribution in [3.63, 3.8) is 0 Å². The Hall–Kier alpha value is -3.37. The van der Waals surface area contributed by atoms with Crippen LogP contribution in [0.4, 0.5) is 0 Å². The van der Waals surface area contributed by atoms with Gasteiger partial charge in [-0.15, -0.1) is 0 Å². The molecule has 7 nitrogen and oxygen atoms in total. The molecule has 0 radical (unpaired) electrons. The molecule has 2 aromatic rings. The molecule has 2 heterocycles. The highest BCUT2D eigenvalue weighted by molar-refractivity contribution is 5.97. The molecule has 0 bridgehead atoms. The number of amides is 2. The highest BCUT2D eigenvalue weighted by Gasteiger charge is 2.37. The zero-order valence-corrected chi connectivity index (χ0v) is 19.9. The molecule has 1 aromatic heterocycles. The van der Waals surface area contributed by atoms with Crippen molar-refractivity contribution in [3.05, 3.63) is 59.3 Å². The Morgan fingerprint density at radius 2 is 1.97 bits per heavy atom. The van der Waals surface area contributed by atoms with Crippen LogP contribution in [0.5, 0.6) is 5.88 Å². The van der Waals surface area contributed by atoms with E-state index in [1.165, 1.54) is 0 Å². The fourth-order valence-electron chi connectivity index (χ4n) is 4.06. The van der Waals surface area contributed by atoms with Gasteiger partial charge in [-0.25, -0.2) is 4.98 Å². The summed E-state index contributed by atoms with van der Waals surface area (Å²) in [6, 6.07) is 10.9. The second-order valence-electron chi connectivity index (χ2n) is 9.31. The molecule has 1 aliphatic heterocycles. The minimum atomic E-state index is -0.369. The van der Waals surface area contributed by atoms with Gasteiger partial charge in [-0.1, -0.05) is 37.0 Å². The van der Waals surface area contributed by atoms with Gasteiger partial charge in [0.1, 0.15) is 11.7 Å². The molecule has 0 saturated heterocycles. The number of nitrogens with zero attached hydrogens (tertiary/aromatic N) is 3. The number of fused-ring (bicyclic) bond motifs is 1. The molecule has 1 aliphatic carbocycles. The molecule has 4 rings (SSSR count). The number of carbonyl (C=O) groups is 2. The number of likely N-dealkylation sites (N-methyl/N-ethyl adjacent to an activating group) is 1. The molecule has 34 heavy (non-hydrogen) atoms. The van der Waals surface area contributed by atoms with Crippen molar-refractivity contribution in [1.29, 1.82) is 0 Å². The largest absolute Gasteiger partial charge is 0.472 e. The summed E-state index contributed by atoms with van der Waals surface area (Å²) in [6.07, 6.45) is 3.14. The fraction of sp³-hybridized carbons (Fsp3) is 0.444. The van der Waals surface area contributed by atoms with Crippen LogP contribution in [0.1, 0.15) is 48.2 Å². The van der Waals surface area contributed by atoms with Crippen molar-refractivity contribution >= 4 is 11.8 Å². The molecular weight excluding hydrogens is 430 g/mol. The van der Waals surface area contributed by atoms with Crippen molar-refractivity contribution in [2.24, 2.45) is 11.8 Å². The smallest absolute Gasteiger partial charge is 0.259 e. The van der Waals surface area contributed by atoms with Crippen LogP contribution in [-0.2, 0) is 4.79 Å². The number of hydrogen-bond acceptors (Lipinski definition) is 5. The average molecular weight is 462 g/mol. The van der Waals surface area contributed by atoms with E-state index in [1.807, 2.05) is 44.2 Å². The summed E-state index contributed by atoms with van der Waals surface area (Å²) in [5, 5.41) is 9.80. The highest BCUT2D eigenvalue weighted by Crippen LogP contribution is 2.32. The Morgan fingerprint density at radius 1 is 1.26 bits per heavy atom. The van der Waals surface area contributed by atoms with Gasteiger partial charge >= 0.3 is 0 Å². The minimum absolute atomic E-state index is 0.0695. The molecule has 7 heteroatoms. The van der Waals surface area contributed by atoms with Gasteiger partial charge in [0.15, 0.2) is 0 Å². The zero-order chi connectivity index (χ0) is 24.2. The van der Waals surface area contributed by atoms with Crippen LogP contribution in [-0.4, -0.2) is 70.6 Å². The third kappa shape index (κ3) is 5.40. The van der Waals surface area contributed by atoms with Crippen molar-refractivity contribution in [3.8, 4) is 17.7 Å². The Kier molecular flexibility index (Phi) is 7.18. The first-order chi connectivity index (χ1) is 16.4. The topological polar surface area (TPSA) is 83.0 Å². The molecule has 0 unspecified atom stereocenters. The Morgan fingerprint density at radius 3 is 2.65 bits per heavy atom. The van der Waals surface area contributed by atoms with Crippen LogP contribution in [0, 0.1) is 23.7 Å². The molecule has 1 saturated carbocycles. The van der Waals surface area contributed by atoms with E-state index < -0.39 is 0 Å². The van der Waals surface area contributed by atoms with Gasteiger partial charge in [0, 0.05) is 42.8 Å². The van der Waals surface area contributed by atoms with E-state index in [-0.39, 0.29) is 48.3 Å². The van der Waals surface area contributed by atoms with Crippen molar-refractivity contribution in [2.75, 3.05) is 26.7 Å². The molecule has 2 amide bonds. The number of carbonyl (C=O) groups excluding carboxylic acids is 2. The number of aliphatic hydroxyl groups excluding tert-OH is 1. The number of rotatable bonds is 5. The SMILES string of the molecule is C[C@H]1CN([C@@H](C)CO)C(=O)c2cc(C#Cc3ccccc3)cnc2O[C@H]1CN(C)C(=O)C1CC1. The molecule has 0 spiro atoms. The summed E-state index contributed by atoms with van der Waals surface area (Å²) in [5.41, 5.74) is 1.78. The van der Waals surface area contributed by atoms with Crippen LogP contribution in [0.3, 0.4) is 0 Å². The van der Waals surface area contributed by atoms with E-state index in [2.05, 4.69) is 16.8 Å². The monoisotopic (exact) mass is 461 g/mol. The first kappa shape index (κ1) is 23.8. The number of ether oxygens (including phenoxy) is 1. The lowest BCUT2D eigenvalue weighted by molar-refractivity contribution is -0.132. The summed E-state index contributed by atoms with van der Waals surface area (Å²) < 4.78 is 6.26. The van der Waals surface area contributed by atoms with E-state index in [0.717, 1.165) is 18.4 Å². The molecule has 1 aromatic carbocycles. The lowest BCUT2D eigenvalue weighted by atomic mass is 9.99. The van der Waals surface area contributed by atoms with Crippen molar-refractivity contribution < 1.29 is 19.4 Å². The van der Waals surface area contributed by atoms with Gasteiger partial charge in [0.05, 0.1) is 19.2 Å². The highest BCUT2D eigenvalue weighted by atomic mass is 16.5. The second kappa shape index (κ2) is 10.3. The van der Waals surface area contributed by atoms with Gasteiger partial charge in [0.25, 0.3) is 5.91 Å². The Labute approximate surface area is 200 Å². The fourth-order valence-corrected chi connectivity index (χ4v) is 4.06. The first-order valence-corrected chi connectivity index (χ1v) is 11.8. The Bertz CT molecular complexity index is 1100. The van der Waals surface area contributed by atoms with Gasteiger partial charge < -0.3 is 19.6 Å². The van der Waals surface area contributed by atoms with Crippen LogP contribution in [0.25, 0.3) is 0 Å². The lowest BCUT2D eigenvalue weighted by Crippen LogP contribution is -2.50. The maximum Gasteiger partial charge on any atom is 0.259 e. The molecule has 2 aliphatic rings. The molecule has 3 atom stereocenters. The minimum Gasteiger partial charge on any atom is -0.472 e. The maximum absolute atomic E-state index is 13.5. The van der Waals surface area contributed by atoms with E-state index >= 15 is 0 Å². The first-order valence-electron chi connectivity index (χ1n) is 11.8. The van der Waals surface area contributed by atoms with E-state index in [0.29, 0.717) is 24.2 Å². The quantitative estimate of drug-likeness (QED) is 0.692. The normalized spacial score (nSPS) is 20.7. The Balaban J connectivity index is 1.66. The van der Waals surface area contributed by atoms with Crippen LogP contribution in [0.15, 0.2) is 42.6 Å². The van der Waals surface area contributed by atoms with Gasteiger partial charge in [0.2, 0.25) is 11.8 Å². The lowest BCUT2D eigenvalue weighted by Gasteiger charge is -2.37. The average Bonchev–Trinajstić information content (AvgIpc) is 3.70. The summed E-state index contributed by atoms with van der Waals surface area (Å²) in [6.45, 7) is 4.46. The second-order valence-corrected chi connectivity index (χ2v) is 9.31. The third-order valence-corrected chi connectivity index (χ3v) is 6.40. The summed E-state index contributed by atoms with van der Waals surface area (Å²) in [5.74, 6) is 6.33. The molecule has 1 N–H and O–H groups in total. The number of benzene rings is 1. The number of pyridine rings is 1. The van der Waals surface area contributed by atoms with Gasteiger partial charge in [-0.3, -0.25) is 9.59 Å². The van der Waals surface area contributed by atoms with E-state index in [9.17, 15) is 14.7 Å². The van der Waals surface area contributed by atoms with Gasteiger partial charge in [-0.05, 0) is 38.0 Å². The van der Waals surface area contributed by atoms with Crippen LogP contribution >= 0.6 is 0 Å². The number of aliphatic hydroxyl groups is 1. The standard InChI is InChI=1S/C27H31N3O4/c1-18-15-30(19(2)17-31)27(33)23-13-21(10-9-20-7-5-4-6-8-20)14-28-25(23)34-24(18)16-29(3)26(32)22-11-12-22/h4-8,13-14,18-19,22,24,31H,11-12,15-17H2,1-3H3/t18-,19-,24-/m0/s1. The predicted octanol–water partition coefficient (Wildman–Crippen LogP) is 2.57. The van der Waals surface area contributed by atoms with Gasteiger partial charge in [-0.2, -0.15) is 0 Å². The zero-order valence-electron chi connectivity index (χ0n) is 19.9. The van der Waals surface area contributed by atoms with E-state index in [1.54, 1.807) is 29.1 Å². The summed E-state index contributed by atoms with van der Waals surface area (Å²) in [7, 11) is 1.80. The molecule has 1 fully saturated rings. The summed E-state index contributed by atoms with van der Waals surface area (Å²) >= 11 is 0. The number of hydrogen-bond donors (Lipinski definition) is 1. The number of aromatic nitrogens is 1. The van der Waals surface area contributed by atoms with Crippen LogP contribution < -0.4 is 4.74 Å². The predicted molar refractivity (Wildman–Crippen MR) is 128 cm³/mol. The molecule has 178 valence electrons. The summed E-state index contributed by atoms with van der Waals surface area (Å²) in [4.78, 5) is 33.8. The molecular formula is C27H31N3O4. The van der Waals surface area contributed by atoms with Crippen LogP contribution in [0.2, 0.25) is 0 Å². The third-order valence-electron chi connectivity index (χ3n) is 6.40. The van der Waals surface area contributed by atoms with E-state index in [4.69, 9.17) is 4.74 Å².